The van der Waals surface area contributed by atoms with Crippen molar-refractivity contribution in [3.8, 4) is 0 Å². The minimum Gasteiger partial charge on any atom is -0.393 e. The fourth-order valence-electron chi connectivity index (χ4n) is 10.3. The van der Waals surface area contributed by atoms with Gasteiger partial charge in [0.1, 0.15) is 0 Å². The second-order valence-electron chi connectivity index (χ2n) is 14.1. The van der Waals surface area contributed by atoms with Crippen LogP contribution in [0.25, 0.3) is 0 Å². The Bertz CT molecular complexity index is 705. The Balaban J connectivity index is 1.33. The normalized spacial score (nSPS) is 55.3. The molecular formula is C29H50O3. The van der Waals surface area contributed by atoms with E-state index in [1.165, 1.54) is 25.7 Å². The summed E-state index contributed by atoms with van der Waals surface area (Å²) in [5.74, 6) is 5.08. The molecule has 3 nitrogen and oxygen atoms in total. The topological polar surface area (TPSA) is 60.7 Å². The number of hydrogen-bond donors (Lipinski definition) is 3. The van der Waals surface area contributed by atoms with Crippen LogP contribution in [0.4, 0.5) is 0 Å². The van der Waals surface area contributed by atoms with E-state index in [9.17, 15) is 15.3 Å². The number of rotatable bonds is 5. The number of hydrogen-bond acceptors (Lipinski definition) is 3. The van der Waals surface area contributed by atoms with E-state index in [1.54, 1.807) is 0 Å². The molecule has 0 bridgehead atoms. The zero-order valence-electron chi connectivity index (χ0n) is 21.4. The highest BCUT2D eigenvalue weighted by molar-refractivity contribution is 5.14. The SMILES string of the molecule is C[C@H](CC[C@](C)(O)[C@H]1CC[C@H]2[C@@H]3CC[C@H]4C[C@H](O)CC[C@]4(C)[C@H]3C[C@@H](O)[C@@]21C)[C@@H]1C[C@@H]1C. The van der Waals surface area contributed by atoms with Crippen LogP contribution in [0, 0.1) is 58.2 Å². The van der Waals surface area contributed by atoms with Crippen LogP contribution in [-0.4, -0.2) is 33.1 Å². The van der Waals surface area contributed by atoms with Crippen LogP contribution in [0.15, 0.2) is 0 Å². The second kappa shape index (κ2) is 7.95. The molecule has 0 aromatic heterocycles. The third-order valence-corrected chi connectivity index (χ3v) is 12.5. The summed E-state index contributed by atoms with van der Waals surface area (Å²) in [6.07, 6.45) is 11.6. The van der Waals surface area contributed by atoms with E-state index in [4.69, 9.17) is 0 Å². The molecule has 0 spiro atoms. The van der Waals surface area contributed by atoms with Gasteiger partial charge in [-0.05, 0) is 130 Å². The van der Waals surface area contributed by atoms with Gasteiger partial charge in [0.2, 0.25) is 0 Å². The van der Waals surface area contributed by atoms with E-state index < -0.39 is 5.60 Å². The lowest BCUT2D eigenvalue weighted by atomic mass is 9.43. The van der Waals surface area contributed by atoms with Crippen LogP contribution in [0.5, 0.6) is 0 Å². The van der Waals surface area contributed by atoms with Gasteiger partial charge in [0.25, 0.3) is 0 Å². The monoisotopic (exact) mass is 446 g/mol. The first kappa shape index (κ1) is 23.6. The van der Waals surface area contributed by atoms with Crippen LogP contribution in [-0.2, 0) is 0 Å². The van der Waals surface area contributed by atoms with E-state index in [0.29, 0.717) is 29.6 Å². The van der Waals surface area contributed by atoms with Crippen LogP contribution in [0.3, 0.4) is 0 Å². The van der Waals surface area contributed by atoms with E-state index >= 15 is 0 Å². The lowest BCUT2D eigenvalue weighted by Gasteiger charge is -2.62. The molecule has 184 valence electrons. The molecule has 0 amide bonds. The standard InChI is InChI=1S/C29H50O3/c1-17(22-14-18(22)2)10-13-28(4,32)25-9-8-23-21-7-6-19-15-20(30)11-12-27(19,3)24(21)16-26(31)29(23,25)5/h17-26,30-32H,6-16H2,1-5H3/t17-,18+,19+,20-,21+,22+,23+,24+,25-,26-,27+,28+,29+/m1/s1. The summed E-state index contributed by atoms with van der Waals surface area (Å²) in [5.41, 5.74) is -0.556. The lowest BCUT2D eigenvalue weighted by Crippen LogP contribution is -2.60. The smallest absolute Gasteiger partial charge is 0.0654 e. The van der Waals surface area contributed by atoms with Crippen molar-refractivity contribution >= 4 is 0 Å². The highest BCUT2D eigenvalue weighted by Crippen LogP contribution is 2.68. The van der Waals surface area contributed by atoms with Crippen molar-refractivity contribution in [3.63, 3.8) is 0 Å². The van der Waals surface area contributed by atoms with Gasteiger partial charge in [-0.3, -0.25) is 0 Å². The van der Waals surface area contributed by atoms with Crippen molar-refractivity contribution in [1.29, 1.82) is 0 Å². The van der Waals surface area contributed by atoms with Gasteiger partial charge in [-0.1, -0.05) is 27.7 Å². The predicted molar refractivity (Wildman–Crippen MR) is 129 cm³/mol. The Morgan fingerprint density at radius 1 is 0.969 bits per heavy atom. The zero-order valence-corrected chi connectivity index (χ0v) is 21.4. The maximum absolute atomic E-state index is 11.8. The van der Waals surface area contributed by atoms with Crippen LogP contribution in [0.2, 0.25) is 0 Å². The largest absolute Gasteiger partial charge is 0.393 e. The Hall–Kier alpha value is -0.120. The fourth-order valence-corrected chi connectivity index (χ4v) is 10.3. The summed E-state index contributed by atoms with van der Waals surface area (Å²) in [5, 5.41) is 33.8. The number of fused-ring (bicyclic) bond motifs is 5. The molecule has 13 atom stereocenters. The van der Waals surface area contributed by atoms with Crippen LogP contribution < -0.4 is 0 Å². The molecule has 5 rings (SSSR count). The van der Waals surface area contributed by atoms with Crippen molar-refractivity contribution in [2.24, 2.45) is 58.2 Å². The Kier molecular flexibility index (Phi) is 5.87. The first-order chi connectivity index (χ1) is 15.0. The Morgan fingerprint density at radius 2 is 1.69 bits per heavy atom. The summed E-state index contributed by atoms with van der Waals surface area (Å²) < 4.78 is 0. The molecule has 0 saturated heterocycles. The van der Waals surface area contributed by atoms with Gasteiger partial charge in [-0.15, -0.1) is 0 Å². The number of aliphatic hydroxyl groups is 3. The van der Waals surface area contributed by atoms with Crippen LogP contribution >= 0.6 is 0 Å². The third-order valence-electron chi connectivity index (χ3n) is 12.5. The Labute approximate surface area is 196 Å². The van der Waals surface area contributed by atoms with Gasteiger partial charge in [0.05, 0.1) is 17.8 Å². The molecule has 0 heterocycles. The number of aliphatic hydroxyl groups excluding tert-OH is 2. The van der Waals surface area contributed by atoms with E-state index in [-0.39, 0.29) is 29.0 Å². The van der Waals surface area contributed by atoms with E-state index in [0.717, 1.165) is 56.8 Å². The average Bonchev–Trinajstić information content (AvgIpc) is 3.34. The van der Waals surface area contributed by atoms with Crippen molar-refractivity contribution < 1.29 is 15.3 Å². The molecule has 5 aliphatic rings. The third kappa shape index (κ3) is 3.54. The maximum Gasteiger partial charge on any atom is 0.0654 e. The summed E-state index contributed by atoms with van der Waals surface area (Å²) >= 11 is 0. The summed E-state index contributed by atoms with van der Waals surface area (Å²) in [7, 11) is 0. The summed E-state index contributed by atoms with van der Waals surface area (Å²) in [4.78, 5) is 0. The molecular weight excluding hydrogens is 396 g/mol. The molecule has 0 aromatic rings. The van der Waals surface area contributed by atoms with Gasteiger partial charge >= 0.3 is 0 Å². The highest BCUT2D eigenvalue weighted by Gasteiger charge is 2.65. The first-order valence-corrected chi connectivity index (χ1v) is 14.1. The molecule has 3 N–H and O–H groups in total. The molecule has 5 aliphatic carbocycles. The van der Waals surface area contributed by atoms with Gasteiger partial charge in [0, 0.05) is 5.41 Å². The Morgan fingerprint density at radius 3 is 2.38 bits per heavy atom. The molecule has 0 aromatic carbocycles. The maximum atomic E-state index is 11.8. The molecule has 3 heteroatoms. The molecule has 0 radical (unpaired) electrons. The molecule has 5 fully saturated rings. The van der Waals surface area contributed by atoms with Gasteiger partial charge in [-0.2, -0.15) is 0 Å². The van der Waals surface area contributed by atoms with Gasteiger partial charge < -0.3 is 15.3 Å². The minimum atomic E-state index is -0.681. The molecule has 5 saturated carbocycles. The molecule has 0 aliphatic heterocycles. The highest BCUT2D eigenvalue weighted by atomic mass is 16.3. The van der Waals surface area contributed by atoms with Crippen molar-refractivity contribution in [1.82, 2.24) is 0 Å². The van der Waals surface area contributed by atoms with Crippen molar-refractivity contribution in [3.05, 3.63) is 0 Å². The molecule has 0 unspecified atom stereocenters. The van der Waals surface area contributed by atoms with Crippen molar-refractivity contribution in [2.45, 2.75) is 123 Å². The van der Waals surface area contributed by atoms with Gasteiger partial charge in [0.15, 0.2) is 0 Å². The quantitative estimate of drug-likeness (QED) is 0.500. The molecule has 32 heavy (non-hydrogen) atoms. The fraction of sp³-hybridized carbons (Fsp3) is 1.00. The predicted octanol–water partition coefficient (Wildman–Crippen LogP) is 5.80. The lowest BCUT2D eigenvalue weighted by molar-refractivity contribution is -0.191. The first-order valence-electron chi connectivity index (χ1n) is 14.1. The second-order valence-corrected chi connectivity index (χ2v) is 14.1. The zero-order chi connectivity index (χ0) is 23.1. The minimum absolute atomic E-state index is 0.115. The summed E-state index contributed by atoms with van der Waals surface area (Å²) in [6.45, 7) is 11.7. The van der Waals surface area contributed by atoms with Gasteiger partial charge in [-0.25, -0.2) is 0 Å². The average molecular weight is 447 g/mol. The van der Waals surface area contributed by atoms with E-state index in [2.05, 4.69) is 34.6 Å². The van der Waals surface area contributed by atoms with Crippen LogP contribution in [0.1, 0.15) is 105 Å². The van der Waals surface area contributed by atoms with E-state index in [1.807, 2.05) is 0 Å². The summed E-state index contributed by atoms with van der Waals surface area (Å²) in [6, 6.07) is 0. The van der Waals surface area contributed by atoms with Crippen molar-refractivity contribution in [2.75, 3.05) is 0 Å².